The third kappa shape index (κ3) is 5.05. The average Bonchev–Trinajstić information content (AvgIpc) is 3.57. The molecule has 5 nitrogen and oxygen atoms in total. The quantitative estimate of drug-likeness (QED) is 0.406. The molecule has 4 fully saturated rings. The van der Waals surface area contributed by atoms with E-state index in [1.807, 2.05) is 17.6 Å². The summed E-state index contributed by atoms with van der Waals surface area (Å²) in [5.41, 5.74) is 2.15. The Kier molecular flexibility index (Phi) is 7.56. The number of rotatable bonds is 6. The predicted octanol–water partition coefficient (Wildman–Crippen LogP) is 7.07. The van der Waals surface area contributed by atoms with E-state index < -0.39 is 0 Å². The van der Waals surface area contributed by atoms with Crippen LogP contribution in [0.1, 0.15) is 88.2 Å². The third-order valence-electron chi connectivity index (χ3n) is 11.9. The van der Waals surface area contributed by atoms with Gasteiger partial charge in [0, 0.05) is 23.7 Å². The molecule has 0 bridgehead atoms. The number of fused-ring (bicyclic) bond motifs is 5. The highest BCUT2D eigenvalue weighted by atomic mass is 32.1. The van der Waals surface area contributed by atoms with Crippen molar-refractivity contribution in [3.63, 3.8) is 0 Å². The molecule has 1 aromatic heterocycles. The van der Waals surface area contributed by atoms with Crippen molar-refractivity contribution in [3.8, 4) is 0 Å². The molecule has 0 aliphatic heterocycles. The summed E-state index contributed by atoms with van der Waals surface area (Å²) >= 11 is 1.61. The fraction of sp³-hybridized carbons (Fsp3) is 0.697. The standard InChI is InChI=1S/C33H48N4OS/c1-32-16-14-24(35-31(38)36-28(30-34-18-19-39-30)20-22-8-6-5-7-9-22)21-23(32)10-11-25-26-12-13-29(37(3)4)33(26,2)17-15-27(25)32/h5-9,18-19,23-29H,10-17,20-21H2,1-4H3,(H2,35,36,38). The Morgan fingerprint density at radius 1 is 1.03 bits per heavy atom. The first-order chi connectivity index (χ1) is 18.8. The minimum absolute atomic E-state index is 0.0393. The second kappa shape index (κ2) is 10.8. The molecule has 0 saturated heterocycles. The van der Waals surface area contributed by atoms with Gasteiger partial charge in [0.25, 0.3) is 0 Å². The zero-order valence-corrected chi connectivity index (χ0v) is 25.2. The van der Waals surface area contributed by atoms with Crippen LogP contribution in [0.2, 0.25) is 0 Å². The summed E-state index contributed by atoms with van der Waals surface area (Å²) in [5.74, 6) is 3.40. The molecular weight excluding hydrogens is 500 g/mol. The Morgan fingerprint density at radius 3 is 2.54 bits per heavy atom. The molecule has 1 aromatic carbocycles. The molecule has 0 spiro atoms. The lowest BCUT2D eigenvalue weighted by molar-refractivity contribution is -0.115. The topological polar surface area (TPSA) is 57.3 Å². The summed E-state index contributed by atoms with van der Waals surface area (Å²) in [6.07, 6.45) is 14.4. The molecule has 9 atom stereocenters. The van der Waals surface area contributed by atoms with Crippen molar-refractivity contribution < 1.29 is 4.79 Å². The molecule has 4 aliphatic rings. The minimum Gasteiger partial charge on any atom is -0.335 e. The molecule has 39 heavy (non-hydrogen) atoms. The van der Waals surface area contributed by atoms with Crippen LogP contribution in [-0.2, 0) is 6.42 Å². The number of carbonyl (C=O) groups excluding carboxylic acids is 1. The van der Waals surface area contributed by atoms with Gasteiger partial charge in [0.05, 0.1) is 6.04 Å². The van der Waals surface area contributed by atoms with Crippen molar-refractivity contribution in [2.75, 3.05) is 14.1 Å². The lowest BCUT2D eigenvalue weighted by Gasteiger charge is -2.61. The van der Waals surface area contributed by atoms with E-state index in [0.717, 1.165) is 54.0 Å². The summed E-state index contributed by atoms with van der Waals surface area (Å²) in [6, 6.07) is 11.3. The predicted molar refractivity (Wildman–Crippen MR) is 160 cm³/mol. The highest BCUT2D eigenvalue weighted by Gasteiger charge is 2.60. The normalized spacial score (nSPS) is 38.4. The summed E-state index contributed by atoms with van der Waals surface area (Å²) in [4.78, 5) is 20.3. The monoisotopic (exact) mass is 548 g/mol. The number of nitrogens with one attached hydrogen (secondary N) is 2. The first-order valence-corrected chi connectivity index (χ1v) is 16.3. The smallest absolute Gasteiger partial charge is 0.315 e. The van der Waals surface area contributed by atoms with E-state index in [4.69, 9.17) is 0 Å². The zero-order valence-electron chi connectivity index (χ0n) is 24.4. The first-order valence-electron chi connectivity index (χ1n) is 15.4. The van der Waals surface area contributed by atoms with Gasteiger partial charge < -0.3 is 15.5 Å². The summed E-state index contributed by atoms with van der Waals surface area (Å²) in [7, 11) is 4.60. The van der Waals surface area contributed by atoms with Gasteiger partial charge in [0.2, 0.25) is 0 Å². The molecule has 0 radical (unpaired) electrons. The van der Waals surface area contributed by atoms with Gasteiger partial charge in [-0.25, -0.2) is 9.78 Å². The van der Waals surface area contributed by atoms with Crippen molar-refractivity contribution >= 4 is 17.4 Å². The SMILES string of the molecule is CN(C)C1CCC2C3CCC4CC(NC(=O)NC(Cc5ccccc5)c5nccs5)CCC4(C)C3CCC21C. The van der Waals surface area contributed by atoms with Gasteiger partial charge in [-0.15, -0.1) is 11.3 Å². The second-order valence-electron chi connectivity index (χ2n) is 14.0. The van der Waals surface area contributed by atoms with Crippen LogP contribution in [0.5, 0.6) is 0 Å². The van der Waals surface area contributed by atoms with Crippen molar-refractivity contribution in [3.05, 3.63) is 52.5 Å². The summed E-state index contributed by atoms with van der Waals surface area (Å²) in [5, 5.41) is 9.64. The van der Waals surface area contributed by atoms with Gasteiger partial charge in [0.1, 0.15) is 5.01 Å². The average molecular weight is 549 g/mol. The van der Waals surface area contributed by atoms with Crippen LogP contribution in [0.25, 0.3) is 0 Å². The third-order valence-corrected chi connectivity index (χ3v) is 12.8. The molecule has 9 unspecified atom stereocenters. The fourth-order valence-electron chi connectivity index (χ4n) is 10.1. The van der Waals surface area contributed by atoms with Crippen LogP contribution in [0.4, 0.5) is 4.79 Å². The van der Waals surface area contributed by atoms with E-state index in [0.29, 0.717) is 10.8 Å². The van der Waals surface area contributed by atoms with Crippen LogP contribution >= 0.6 is 11.3 Å². The Hall–Kier alpha value is -1.92. The second-order valence-corrected chi connectivity index (χ2v) is 14.9. The van der Waals surface area contributed by atoms with Crippen molar-refractivity contribution in [1.82, 2.24) is 20.5 Å². The van der Waals surface area contributed by atoms with E-state index in [1.165, 1.54) is 50.5 Å². The van der Waals surface area contributed by atoms with Crippen LogP contribution < -0.4 is 10.6 Å². The number of benzene rings is 1. The van der Waals surface area contributed by atoms with Crippen LogP contribution in [-0.4, -0.2) is 42.1 Å². The number of thiazole rings is 1. The molecule has 2 N–H and O–H groups in total. The lowest BCUT2D eigenvalue weighted by atomic mass is 9.45. The first kappa shape index (κ1) is 27.3. The Bertz CT molecular complexity index is 1120. The van der Waals surface area contributed by atoms with E-state index >= 15 is 0 Å². The maximum atomic E-state index is 13.3. The molecule has 2 amide bonds. The summed E-state index contributed by atoms with van der Waals surface area (Å²) in [6.45, 7) is 5.25. The Morgan fingerprint density at radius 2 is 1.79 bits per heavy atom. The van der Waals surface area contributed by atoms with Gasteiger partial charge in [-0.2, -0.15) is 0 Å². The maximum absolute atomic E-state index is 13.3. The van der Waals surface area contributed by atoms with E-state index in [1.54, 1.807) is 11.3 Å². The van der Waals surface area contributed by atoms with Crippen molar-refractivity contribution in [1.29, 1.82) is 0 Å². The van der Waals surface area contributed by atoms with E-state index in [-0.39, 0.29) is 18.1 Å². The molecular formula is C33H48N4OS. The number of carbonyl (C=O) groups is 1. The largest absolute Gasteiger partial charge is 0.335 e. The molecule has 1 heterocycles. The van der Waals surface area contributed by atoms with Gasteiger partial charge in [0.15, 0.2) is 0 Å². The van der Waals surface area contributed by atoms with Gasteiger partial charge >= 0.3 is 6.03 Å². The fourth-order valence-corrected chi connectivity index (χ4v) is 10.7. The zero-order chi connectivity index (χ0) is 27.2. The highest BCUT2D eigenvalue weighted by Crippen LogP contribution is 2.66. The van der Waals surface area contributed by atoms with Crippen LogP contribution in [0.3, 0.4) is 0 Å². The molecule has 6 rings (SSSR count). The number of nitrogens with zero attached hydrogens (tertiary/aromatic N) is 2. The lowest BCUT2D eigenvalue weighted by Crippen LogP contribution is -2.57. The number of amides is 2. The molecule has 2 aromatic rings. The Balaban J connectivity index is 1.09. The molecule has 6 heteroatoms. The van der Waals surface area contributed by atoms with Crippen molar-refractivity contribution in [2.45, 2.75) is 96.2 Å². The molecule has 4 saturated carbocycles. The van der Waals surface area contributed by atoms with Crippen molar-refractivity contribution in [2.24, 2.45) is 34.5 Å². The molecule has 212 valence electrons. The van der Waals surface area contributed by atoms with E-state index in [2.05, 4.69) is 72.7 Å². The van der Waals surface area contributed by atoms with Gasteiger partial charge in [-0.05, 0) is 118 Å². The minimum atomic E-state index is -0.106. The maximum Gasteiger partial charge on any atom is 0.315 e. The Labute approximate surface area is 239 Å². The highest BCUT2D eigenvalue weighted by molar-refractivity contribution is 7.09. The van der Waals surface area contributed by atoms with E-state index in [9.17, 15) is 4.79 Å². The number of aromatic nitrogens is 1. The molecule has 4 aliphatic carbocycles. The van der Waals surface area contributed by atoms with Crippen LogP contribution in [0.15, 0.2) is 41.9 Å². The number of urea groups is 1. The van der Waals surface area contributed by atoms with Gasteiger partial charge in [-0.3, -0.25) is 0 Å². The summed E-state index contributed by atoms with van der Waals surface area (Å²) < 4.78 is 0. The number of hydrogen-bond acceptors (Lipinski definition) is 4. The van der Waals surface area contributed by atoms with Crippen LogP contribution in [0, 0.1) is 34.5 Å². The number of hydrogen-bond donors (Lipinski definition) is 2. The van der Waals surface area contributed by atoms with Gasteiger partial charge in [-0.1, -0.05) is 44.2 Å².